The summed E-state index contributed by atoms with van der Waals surface area (Å²) in [5, 5.41) is 2.22. The first kappa shape index (κ1) is 10.6. The van der Waals surface area contributed by atoms with Crippen molar-refractivity contribution in [2.45, 2.75) is 0 Å². The van der Waals surface area contributed by atoms with E-state index >= 15 is 0 Å². The van der Waals surface area contributed by atoms with Crippen LogP contribution in [0.1, 0.15) is 15.9 Å². The molecule has 0 radical (unpaired) electrons. The molecule has 80 valence electrons. The summed E-state index contributed by atoms with van der Waals surface area (Å²) in [4.78, 5) is 11.6. The Morgan fingerprint density at radius 1 is 0.938 bits per heavy atom. The molecule has 0 saturated carbocycles. The van der Waals surface area contributed by atoms with E-state index in [1.165, 1.54) is 7.05 Å². The van der Waals surface area contributed by atoms with E-state index in [1.807, 2.05) is 42.5 Å². The molecule has 0 spiro atoms. The number of nitrogens with two attached hydrogens (primary N) is 1. The lowest BCUT2D eigenvalue weighted by Gasteiger charge is -2.10. The van der Waals surface area contributed by atoms with Crippen molar-refractivity contribution in [3.05, 3.63) is 53.6 Å². The van der Waals surface area contributed by atoms with Crippen molar-refractivity contribution in [1.29, 1.82) is 0 Å². The Kier molecular flexibility index (Phi) is 2.84. The van der Waals surface area contributed by atoms with Crippen LogP contribution in [0.4, 0.5) is 0 Å². The molecule has 0 saturated heterocycles. The Labute approximate surface area is 94.4 Å². The second-order valence-corrected chi connectivity index (χ2v) is 3.45. The number of hydrogen-bond acceptors (Lipinski definition) is 2. The molecule has 0 atom stereocenters. The van der Waals surface area contributed by atoms with Crippen LogP contribution >= 0.6 is 0 Å². The van der Waals surface area contributed by atoms with Crippen molar-refractivity contribution in [3.8, 4) is 0 Å². The number of ketones is 1. The van der Waals surface area contributed by atoms with Crippen LogP contribution in [-0.2, 0) is 0 Å². The number of allylic oxidation sites excluding steroid dienone is 1. The first-order chi connectivity index (χ1) is 7.86. The maximum absolute atomic E-state index is 11.6. The molecule has 0 unspecified atom stereocenters. The maximum Gasteiger partial charge on any atom is 0.186 e. The van der Waals surface area contributed by atoms with Gasteiger partial charge in [0.25, 0.3) is 0 Å². The average Bonchev–Trinajstić information content (AvgIpc) is 2.37. The van der Waals surface area contributed by atoms with Gasteiger partial charge in [0.2, 0.25) is 0 Å². The van der Waals surface area contributed by atoms with Gasteiger partial charge in [-0.25, -0.2) is 0 Å². The smallest absolute Gasteiger partial charge is 0.186 e. The Balaban J connectivity index is 0.000000457. The van der Waals surface area contributed by atoms with Crippen molar-refractivity contribution in [2.75, 3.05) is 7.05 Å². The molecular weight excluding hydrogens is 198 g/mol. The molecule has 1 aliphatic rings. The van der Waals surface area contributed by atoms with Gasteiger partial charge in [0, 0.05) is 10.9 Å². The van der Waals surface area contributed by atoms with Crippen molar-refractivity contribution >= 4 is 22.6 Å². The Morgan fingerprint density at radius 3 is 2.38 bits per heavy atom. The third-order valence-corrected chi connectivity index (χ3v) is 2.62. The molecule has 3 rings (SSSR count). The lowest BCUT2D eigenvalue weighted by atomic mass is 9.92. The lowest BCUT2D eigenvalue weighted by molar-refractivity contribution is 0.104. The Morgan fingerprint density at radius 2 is 1.62 bits per heavy atom. The fourth-order valence-electron chi connectivity index (χ4n) is 1.97. The molecule has 2 heteroatoms. The zero-order valence-electron chi connectivity index (χ0n) is 9.10. The molecule has 0 heterocycles. The zero-order valence-corrected chi connectivity index (χ0v) is 9.10. The fourth-order valence-corrected chi connectivity index (χ4v) is 1.97. The number of hydrogen-bond donors (Lipinski definition) is 1. The highest BCUT2D eigenvalue weighted by atomic mass is 16.1. The van der Waals surface area contributed by atoms with Crippen LogP contribution in [0.25, 0.3) is 16.8 Å². The van der Waals surface area contributed by atoms with Crippen LogP contribution in [0.5, 0.6) is 0 Å². The summed E-state index contributed by atoms with van der Waals surface area (Å²) in [5.41, 5.74) is 6.46. The molecule has 2 aromatic rings. The van der Waals surface area contributed by atoms with Gasteiger partial charge < -0.3 is 5.73 Å². The van der Waals surface area contributed by atoms with Gasteiger partial charge >= 0.3 is 0 Å². The maximum atomic E-state index is 11.6. The van der Waals surface area contributed by atoms with E-state index in [-0.39, 0.29) is 5.78 Å². The van der Waals surface area contributed by atoms with Gasteiger partial charge in [-0.1, -0.05) is 42.5 Å². The average molecular weight is 211 g/mol. The van der Waals surface area contributed by atoms with Crippen LogP contribution in [0.3, 0.4) is 0 Å². The van der Waals surface area contributed by atoms with Gasteiger partial charge in [-0.15, -0.1) is 0 Å². The number of rotatable bonds is 0. The molecule has 2 aromatic carbocycles. The van der Waals surface area contributed by atoms with Crippen LogP contribution in [0, 0.1) is 0 Å². The lowest BCUT2D eigenvalue weighted by Crippen LogP contribution is -2.00. The highest BCUT2D eigenvalue weighted by Crippen LogP contribution is 2.27. The summed E-state index contributed by atoms with van der Waals surface area (Å²) in [5.74, 6) is 0.106. The molecule has 0 fully saturated rings. The first-order valence-corrected chi connectivity index (χ1v) is 5.18. The van der Waals surface area contributed by atoms with E-state index in [0.29, 0.717) is 0 Å². The minimum Gasteiger partial charge on any atom is -0.333 e. The summed E-state index contributed by atoms with van der Waals surface area (Å²) in [6.45, 7) is 0. The number of benzene rings is 2. The van der Waals surface area contributed by atoms with Gasteiger partial charge in [-0.05, 0) is 24.1 Å². The molecule has 0 amide bonds. The summed E-state index contributed by atoms with van der Waals surface area (Å²) >= 11 is 0. The van der Waals surface area contributed by atoms with Gasteiger partial charge in [0.15, 0.2) is 5.78 Å². The highest BCUT2D eigenvalue weighted by Gasteiger charge is 2.13. The predicted octanol–water partition coefficient (Wildman–Crippen LogP) is 2.62. The van der Waals surface area contributed by atoms with E-state index in [4.69, 9.17) is 0 Å². The molecular formula is C14H13NO. The molecule has 0 aliphatic heterocycles. The van der Waals surface area contributed by atoms with E-state index in [1.54, 1.807) is 6.08 Å². The molecule has 2 nitrogen and oxygen atoms in total. The minimum atomic E-state index is 0.106. The predicted molar refractivity (Wildman–Crippen MR) is 67.4 cm³/mol. The van der Waals surface area contributed by atoms with Gasteiger partial charge in [0.05, 0.1) is 0 Å². The third-order valence-electron chi connectivity index (χ3n) is 2.62. The van der Waals surface area contributed by atoms with Crippen LogP contribution < -0.4 is 5.73 Å². The zero-order chi connectivity index (χ0) is 11.5. The summed E-state index contributed by atoms with van der Waals surface area (Å²) in [6.07, 6.45) is 3.52. The third kappa shape index (κ3) is 1.53. The summed E-state index contributed by atoms with van der Waals surface area (Å²) in [6, 6.07) is 11.9. The van der Waals surface area contributed by atoms with Crippen LogP contribution in [0.15, 0.2) is 42.5 Å². The second-order valence-electron chi connectivity index (χ2n) is 3.45. The number of carbonyl (C=O) groups is 1. The molecule has 16 heavy (non-hydrogen) atoms. The monoisotopic (exact) mass is 211 g/mol. The summed E-state index contributed by atoms with van der Waals surface area (Å²) < 4.78 is 0. The van der Waals surface area contributed by atoms with E-state index in [2.05, 4.69) is 5.73 Å². The van der Waals surface area contributed by atoms with Gasteiger partial charge in [0.1, 0.15) is 0 Å². The normalized spacial score (nSPS) is 12.2. The standard InChI is InChI=1S/C13H8O.CH5N/c14-12-8-7-10-4-1-3-9-5-2-6-11(12)13(9)10;1-2/h1-8H;2H2,1H3. The first-order valence-electron chi connectivity index (χ1n) is 5.18. The SMILES string of the molecule is CN.O=C1C=Cc2cccc3cccc1c23. The van der Waals surface area contributed by atoms with Crippen molar-refractivity contribution in [3.63, 3.8) is 0 Å². The van der Waals surface area contributed by atoms with Crippen molar-refractivity contribution < 1.29 is 4.79 Å². The van der Waals surface area contributed by atoms with Crippen molar-refractivity contribution in [2.24, 2.45) is 5.73 Å². The molecule has 2 N–H and O–H groups in total. The van der Waals surface area contributed by atoms with Gasteiger partial charge in [-0.3, -0.25) is 4.79 Å². The van der Waals surface area contributed by atoms with Gasteiger partial charge in [-0.2, -0.15) is 0 Å². The largest absolute Gasteiger partial charge is 0.333 e. The molecule has 0 aromatic heterocycles. The Bertz CT molecular complexity index is 565. The van der Waals surface area contributed by atoms with E-state index in [9.17, 15) is 4.79 Å². The fraction of sp³-hybridized carbons (Fsp3) is 0.0714. The topological polar surface area (TPSA) is 43.1 Å². The van der Waals surface area contributed by atoms with Crippen molar-refractivity contribution in [1.82, 2.24) is 0 Å². The van der Waals surface area contributed by atoms with Crippen LogP contribution in [0.2, 0.25) is 0 Å². The minimum absolute atomic E-state index is 0.106. The second kappa shape index (κ2) is 4.29. The quantitative estimate of drug-likeness (QED) is 0.728. The highest BCUT2D eigenvalue weighted by molar-refractivity contribution is 6.19. The van der Waals surface area contributed by atoms with Crippen LogP contribution in [-0.4, -0.2) is 12.8 Å². The van der Waals surface area contributed by atoms with E-state index in [0.717, 1.165) is 21.9 Å². The summed E-state index contributed by atoms with van der Waals surface area (Å²) in [7, 11) is 1.50. The van der Waals surface area contributed by atoms with E-state index < -0.39 is 0 Å². The Hall–Kier alpha value is -1.93. The molecule has 0 bridgehead atoms. The molecule has 1 aliphatic carbocycles. The number of carbonyl (C=O) groups excluding carboxylic acids is 1.